The van der Waals surface area contributed by atoms with Crippen LogP contribution in [0.3, 0.4) is 0 Å². The molecule has 0 aliphatic heterocycles. The van der Waals surface area contributed by atoms with E-state index >= 15 is 0 Å². The highest BCUT2D eigenvalue weighted by atomic mass is 19.1. The molecule has 3 N–H and O–H groups in total. The van der Waals surface area contributed by atoms with E-state index in [1.807, 2.05) is 0 Å². The number of nitrogens with one attached hydrogen (secondary N) is 1. The molecule has 0 amide bonds. The van der Waals surface area contributed by atoms with Gasteiger partial charge in [0.05, 0.1) is 0 Å². The van der Waals surface area contributed by atoms with Crippen molar-refractivity contribution in [2.24, 2.45) is 22.6 Å². The molecule has 3 atom stereocenters. The van der Waals surface area contributed by atoms with E-state index in [0.717, 1.165) is 18.9 Å². The average molecular weight is 297 g/mol. The van der Waals surface area contributed by atoms with Crippen LogP contribution in [0.2, 0.25) is 0 Å². The van der Waals surface area contributed by atoms with E-state index in [1.165, 1.54) is 6.42 Å². The smallest absolute Gasteiger partial charge is 0.252 e. The van der Waals surface area contributed by atoms with Crippen LogP contribution in [-0.4, -0.2) is 11.1 Å². The first-order valence-corrected chi connectivity index (χ1v) is 7.29. The molecule has 2 bridgehead atoms. The Labute approximate surface area is 123 Å². The van der Waals surface area contributed by atoms with Crippen LogP contribution >= 0.6 is 0 Å². The summed E-state index contributed by atoms with van der Waals surface area (Å²) in [5, 5.41) is 0. The Hall–Kier alpha value is -1.43. The first-order chi connectivity index (χ1) is 9.79. The van der Waals surface area contributed by atoms with Gasteiger partial charge in [-0.3, -0.25) is 0 Å². The second-order valence-electron chi connectivity index (χ2n) is 6.97. The number of nitrogens with two attached hydrogens (primary N) is 1. The molecular formula is C15H21F2N3O. The summed E-state index contributed by atoms with van der Waals surface area (Å²) in [6.45, 7) is 6.68. The molecule has 116 valence electrons. The molecule has 2 aliphatic rings. The Morgan fingerprint density at radius 2 is 2.05 bits per heavy atom. The first kappa shape index (κ1) is 14.5. The maximum Gasteiger partial charge on any atom is 0.252 e. The zero-order chi connectivity index (χ0) is 15.4. The van der Waals surface area contributed by atoms with E-state index in [2.05, 4.69) is 31.2 Å². The van der Waals surface area contributed by atoms with Gasteiger partial charge in [-0.2, -0.15) is 4.98 Å². The molecule has 0 radical (unpaired) electrons. The lowest BCUT2D eigenvalue weighted by atomic mass is 9.70. The summed E-state index contributed by atoms with van der Waals surface area (Å²) in [7, 11) is 0. The number of fused-ring (bicyclic) bond motifs is 2. The van der Waals surface area contributed by atoms with Crippen LogP contribution in [0.1, 0.15) is 40.0 Å². The van der Waals surface area contributed by atoms with Crippen LogP contribution in [0.4, 0.5) is 14.6 Å². The third-order valence-electron chi connectivity index (χ3n) is 6.00. The van der Waals surface area contributed by atoms with Crippen LogP contribution in [-0.2, 0) is 0 Å². The summed E-state index contributed by atoms with van der Waals surface area (Å²) in [6.07, 6.45) is 3.01. The maximum atomic E-state index is 13.9. The van der Waals surface area contributed by atoms with Crippen LogP contribution in [0, 0.1) is 28.4 Å². The van der Waals surface area contributed by atoms with E-state index in [0.29, 0.717) is 5.92 Å². The van der Waals surface area contributed by atoms with Crippen LogP contribution < -0.4 is 16.0 Å². The summed E-state index contributed by atoms with van der Waals surface area (Å²) in [4.78, 5) is 3.81. The fourth-order valence-electron chi connectivity index (χ4n) is 4.08. The van der Waals surface area contributed by atoms with Crippen molar-refractivity contribution in [3.05, 3.63) is 17.7 Å². The molecule has 2 aliphatic carbocycles. The second-order valence-corrected chi connectivity index (χ2v) is 6.97. The number of ether oxygens (including phenoxy) is 1. The largest absolute Gasteiger partial charge is 0.472 e. The highest BCUT2D eigenvalue weighted by molar-refractivity contribution is 5.38. The van der Waals surface area contributed by atoms with E-state index in [9.17, 15) is 8.78 Å². The highest BCUT2D eigenvalue weighted by Gasteiger charge is 2.62. The molecule has 3 unspecified atom stereocenters. The minimum atomic E-state index is -0.832. The zero-order valence-electron chi connectivity index (χ0n) is 12.5. The molecular weight excluding hydrogens is 276 g/mol. The third kappa shape index (κ3) is 1.92. The summed E-state index contributed by atoms with van der Waals surface area (Å²) in [5.41, 5.74) is 2.25. The van der Waals surface area contributed by atoms with Gasteiger partial charge in [-0.15, -0.1) is 0 Å². The predicted octanol–water partition coefficient (Wildman–Crippen LogP) is 3.24. The molecule has 6 heteroatoms. The lowest BCUT2D eigenvalue weighted by Crippen LogP contribution is -2.39. The quantitative estimate of drug-likeness (QED) is 0.664. The molecule has 2 fully saturated rings. The first-order valence-electron chi connectivity index (χ1n) is 7.29. The van der Waals surface area contributed by atoms with E-state index in [4.69, 9.17) is 10.6 Å². The lowest BCUT2D eigenvalue weighted by molar-refractivity contribution is 0.0247. The van der Waals surface area contributed by atoms with Crippen molar-refractivity contribution in [1.29, 1.82) is 0 Å². The SMILES string of the molecule is CC1(C)C2CCC1(C)C(Oc1nc(NN)c(F)cc1F)C2. The highest BCUT2D eigenvalue weighted by Crippen LogP contribution is 2.66. The van der Waals surface area contributed by atoms with Gasteiger partial charge in [0.2, 0.25) is 0 Å². The molecule has 21 heavy (non-hydrogen) atoms. The summed E-state index contributed by atoms with van der Waals surface area (Å²) < 4.78 is 33.1. The number of aromatic nitrogens is 1. The van der Waals surface area contributed by atoms with Crippen molar-refractivity contribution in [2.45, 2.75) is 46.1 Å². The topological polar surface area (TPSA) is 60.2 Å². The van der Waals surface area contributed by atoms with E-state index < -0.39 is 11.6 Å². The number of nitrogens with zero attached hydrogens (tertiary/aromatic N) is 1. The Morgan fingerprint density at radius 3 is 2.57 bits per heavy atom. The third-order valence-corrected chi connectivity index (χ3v) is 6.00. The standard InChI is InChI=1S/C15H21F2N3O/c1-14(2)8-4-5-15(14,3)11(6-8)21-13-10(17)7-9(16)12(19-13)20-18/h7-8,11H,4-6,18H2,1-3H3,(H,19,20). The summed E-state index contributed by atoms with van der Waals surface area (Å²) in [5.74, 6) is 3.73. The Kier molecular flexibility index (Phi) is 3.13. The second kappa shape index (κ2) is 4.53. The van der Waals surface area contributed by atoms with Gasteiger partial charge in [0.25, 0.3) is 5.88 Å². The molecule has 4 nitrogen and oxygen atoms in total. The number of halogens is 2. The Balaban J connectivity index is 1.89. The molecule has 0 aromatic carbocycles. The number of hydrogen-bond donors (Lipinski definition) is 2. The number of hydrogen-bond acceptors (Lipinski definition) is 4. The van der Waals surface area contributed by atoms with Gasteiger partial charge in [0, 0.05) is 11.5 Å². The molecule has 1 aromatic rings. The summed E-state index contributed by atoms with van der Waals surface area (Å²) >= 11 is 0. The van der Waals surface area contributed by atoms with Crippen molar-refractivity contribution in [3.63, 3.8) is 0 Å². The number of pyridine rings is 1. The Bertz CT molecular complexity index is 578. The van der Waals surface area contributed by atoms with Crippen molar-refractivity contribution in [3.8, 4) is 5.88 Å². The maximum absolute atomic E-state index is 13.9. The number of anilines is 1. The molecule has 1 aromatic heterocycles. The van der Waals surface area contributed by atoms with Crippen LogP contribution in [0.15, 0.2) is 6.07 Å². The fourth-order valence-corrected chi connectivity index (χ4v) is 4.08. The monoisotopic (exact) mass is 297 g/mol. The van der Waals surface area contributed by atoms with Crippen molar-refractivity contribution < 1.29 is 13.5 Å². The van der Waals surface area contributed by atoms with Gasteiger partial charge in [-0.05, 0) is 30.6 Å². The Morgan fingerprint density at radius 1 is 1.33 bits per heavy atom. The molecule has 1 heterocycles. The number of rotatable bonds is 3. The zero-order valence-corrected chi connectivity index (χ0v) is 12.5. The fraction of sp³-hybridized carbons (Fsp3) is 0.667. The lowest BCUT2D eigenvalue weighted by Gasteiger charge is -2.38. The minimum Gasteiger partial charge on any atom is -0.472 e. The molecule has 0 saturated heterocycles. The van der Waals surface area contributed by atoms with Crippen LogP contribution in [0.5, 0.6) is 5.88 Å². The van der Waals surface area contributed by atoms with Crippen molar-refractivity contribution in [1.82, 2.24) is 4.98 Å². The van der Waals surface area contributed by atoms with Gasteiger partial charge >= 0.3 is 0 Å². The van der Waals surface area contributed by atoms with Crippen molar-refractivity contribution in [2.75, 3.05) is 5.43 Å². The number of nitrogen functional groups attached to an aromatic ring is 1. The molecule has 2 saturated carbocycles. The normalized spacial score (nSPS) is 33.2. The van der Waals surface area contributed by atoms with Gasteiger partial charge < -0.3 is 10.2 Å². The molecule has 0 spiro atoms. The molecule has 3 rings (SSSR count). The predicted molar refractivity (Wildman–Crippen MR) is 75.6 cm³/mol. The van der Waals surface area contributed by atoms with Gasteiger partial charge in [0.1, 0.15) is 6.10 Å². The van der Waals surface area contributed by atoms with E-state index in [-0.39, 0.29) is 28.6 Å². The van der Waals surface area contributed by atoms with E-state index in [1.54, 1.807) is 0 Å². The number of hydrazine groups is 1. The van der Waals surface area contributed by atoms with Gasteiger partial charge in [0.15, 0.2) is 17.5 Å². The van der Waals surface area contributed by atoms with Crippen molar-refractivity contribution >= 4 is 5.82 Å². The van der Waals surface area contributed by atoms with Gasteiger partial charge in [-0.1, -0.05) is 20.8 Å². The minimum absolute atomic E-state index is 0.0174. The average Bonchev–Trinajstić information content (AvgIpc) is 2.75. The summed E-state index contributed by atoms with van der Waals surface area (Å²) in [6, 6.07) is 0.748. The van der Waals surface area contributed by atoms with Crippen LogP contribution in [0.25, 0.3) is 0 Å². The van der Waals surface area contributed by atoms with Gasteiger partial charge in [-0.25, -0.2) is 14.6 Å².